The molecule has 4 aromatic rings. The van der Waals surface area contributed by atoms with Gasteiger partial charge in [0.25, 0.3) is 0 Å². The maximum atomic E-state index is 12.8. The fraction of sp³-hybridized carbons (Fsp3) is 0.130. The summed E-state index contributed by atoms with van der Waals surface area (Å²) in [6.07, 6.45) is 0. The van der Waals surface area contributed by atoms with Crippen LogP contribution in [0.4, 0.5) is 5.69 Å². The van der Waals surface area contributed by atoms with E-state index >= 15 is 0 Å². The van der Waals surface area contributed by atoms with Gasteiger partial charge in [-0.1, -0.05) is 48.0 Å². The number of nitrogens with zero attached hydrogens (tertiary/aromatic N) is 2. The molecule has 0 spiro atoms. The molecule has 1 aromatic heterocycles. The highest BCUT2D eigenvalue weighted by Crippen LogP contribution is 2.25. The summed E-state index contributed by atoms with van der Waals surface area (Å²) >= 11 is 0. The highest BCUT2D eigenvalue weighted by molar-refractivity contribution is 5.92. The number of nitrogens with one attached hydrogen (secondary N) is 1. The third-order valence-corrected chi connectivity index (χ3v) is 4.62. The number of rotatable bonds is 5. The van der Waals surface area contributed by atoms with Crippen LogP contribution in [0.15, 0.2) is 72.8 Å². The maximum Gasteiger partial charge on any atom is 0.244 e. The molecule has 0 aliphatic carbocycles. The third-order valence-electron chi connectivity index (χ3n) is 4.62. The Morgan fingerprint density at radius 1 is 1.04 bits per heavy atom. The van der Waals surface area contributed by atoms with Gasteiger partial charge in [0.1, 0.15) is 18.1 Å². The average Bonchev–Trinajstić information content (AvgIpc) is 3.07. The summed E-state index contributed by atoms with van der Waals surface area (Å²) in [6.45, 7) is 2.22. The summed E-state index contributed by atoms with van der Waals surface area (Å²) < 4.78 is 7.17. The summed E-state index contributed by atoms with van der Waals surface area (Å²) in [7, 11) is 1.60. The van der Waals surface area contributed by atoms with Gasteiger partial charge in [0, 0.05) is 17.3 Å². The van der Waals surface area contributed by atoms with Crippen molar-refractivity contribution in [1.29, 1.82) is 0 Å². The van der Waals surface area contributed by atoms with Gasteiger partial charge in [0.2, 0.25) is 5.91 Å². The van der Waals surface area contributed by atoms with E-state index < -0.39 is 0 Å². The van der Waals surface area contributed by atoms with Crippen LogP contribution in [-0.2, 0) is 11.3 Å². The van der Waals surface area contributed by atoms with Crippen molar-refractivity contribution in [3.63, 3.8) is 0 Å². The smallest absolute Gasteiger partial charge is 0.244 e. The number of imidazole rings is 1. The van der Waals surface area contributed by atoms with Crippen LogP contribution in [-0.4, -0.2) is 22.6 Å². The number of anilines is 1. The number of benzene rings is 3. The Hall–Kier alpha value is -3.60. The van der Waals surface area contributed by atoms with Crippen molar-refractivity contribution < 1.29 is 9.53 Å². The summed E-state index contributed by atoms with van der Waals surface area (Å²) in [5, 5.41) is 2.94. The van der Waals surface area contributed by atoms with Crippen molar-refractivity contribution in [2.24, 2.45) is 0 Å². The van der Waals surface area contributed by atoms with Gasteiger partial charge in [-0.05, 0) is 31.2 Å². The van der Waals surface area contributed by atoms with Crippen LogP contribution in [0.2, 0.25) is 0 Å². The number of carbonyl (C=O) groups is 1. The lowest BCUT2D eigenvalue weighted by Gasteiger charge is -2.11. The molecule has 3 aromatic carbocycles. The summed E-state index contributed by atoms with van der Waals surface area (Å²) in [5.74, 6) is 1.36. The number of para-hydroxylation sites is 2. The number of hydrogen-bond donors (Lipinski definition) is 1. The van der Waals surface area contributed by atoms with Crippen molar-refractivity contribution in [1.82, 2.24) is 9.55 Å². The largest absolute Gasteiger partial charge is 0.497 e. The quantitative estimate of drug-likeness (QED) is 0.555. The molecule has 0 aliphatic rings. The molecule has 0 radical (unpaired) electrons. The molecule has 0 unspecified atom stereocenters. The zero-order valence-corrected chi connectivity index (χ0v) is 15.8. The Labute approximate surface area is 163 Å². The van der Waals surface area contributed by atoms with Gasteiger partial charge in [0.15, 0.2) is 0 Å². The fourth-order valence-electron chi connectivity index (χ4n) is 3.20. The summed E-state index contributed by atoms with van der Waals surface area (Å²) in [6, 6.07) is 23.4. The molecule has 1 amide bonds. The number of aromatic nitrogens is 2. The SMILES string of the molecule is COc1cccc(NC(=O)Cn2c(-c3ccc(C)cc3)nc3ccccc32)c1. The second-order valence-corrected chi connectivity index (χ2v) is 6.66. The van der Waals surface area contributed by atoms with Gasteiger partial charge in [0.05, 0.1) is 18.1 Å². The van der Waals surface area contributed by atoms with Crippen molar-refractivity contribution in [2.75, 3.05) is 12.4 Å². The molecule has 0 saturated heterocycles. The van der Waals surface area contributed by atoms with Gasteiger partial charge in [-0.25, -0.2) is 4.98 Å². The molecule has 0 aliphatic heterocycles. The first-order chi connectivity index (χ1) is 13.6. The first-order valence-electron chi connectivity index (χ1n) is 9.10. The second-order valence-electron chi connectivity index (χ2n) is 6.66. The number of amides is 1. The van der Waals surface area contributed by atoms with E-state index in [0.29, 0.717) is 11.4 Å². The highest BCUT2D eigenvalue weighted by atomic mass is 16.5. The van der Waals surface area contributed by atoms with Crippen LogP contribution in [0.25, 0.3) is 22.4 Å². The van der Waals surface area contributed by atoms with Crippen molar-refractivity contribution >= 4 is 22.6 Å². The molecular weight excluding hydrogens is 350 g/mol. The van der Waals surface area contributed by atoms with E-state index in [1.165, 1.54) is 5.56 Å². The zero-order valence-electron chi connectivity index (χ0n) is 15.8. The molecule has 0 fully saturated rings. The topological polar surface area (TPSA) is 56.1 Å². The lowest BCUT2D eigenvalue weighted by Crippen LogP contribution is -2.19. The van der Waals surface area contributed by atoms with E-state index in [2.05, 4.69) is 17.4 Å². The molecule has 5 heteroatoms. The number of fused-ring (bicyclic) bond motifs is 1. The van der Waals surface area contributed by atoms with Crippen LogP contribution in [0.1, 0.15) is 5.56 Å². The standard InChI is InChI=1S/C23H21N3O2/c1-16-10-12-17(13-11-16)23-25-20-8-3-4-9-21(20)26(23)15-22(27)24-18-6-5-7-19(14-18)28-2/h3-14H,15H2,1-2H3,(H,24,27). The minimum Gasteiger partial charge on any atom is -0.497 e. The van der Waals surface area contributed by atoms with E-state index in [0.717, 1.165) is 22.4 Å². The number of aryl methyl sites for hydroxylation is 1. The van der Waals surface area contributed by atoms with Gasteiger partial charge in [-0.15, -0.1) is 0 Å². The van der Waals surface area contributed by atoms with Gasteiger partial charge in [-0.3, -0.25) is 4.79 Å². The van der Waals surface area contributed by atoms with Crippen molar-refractivity contribution in [2.45, 2.75) is 13.5 Å². The molecule has 140 valence electrons. The highest BCUT2D eigenvalue weighted by Gasteiger charge is 2.15. The van der Waals surface area contributed by atoms with Crippen LogP contribution in [0.3, 0.4) is 0 Å². The zero-order chi connectivity index (χ0) is 19.5. The first-order valence-corrected chi connectivity index (χ1v) is 9.10. The Kier molecular flexibility index (Phi) is 4.81. The normalized spacial score (nSPS) is 10.8. The van der Waals surface area contributed by atoms with Gasteiger partial charge in [-0.2, -0.15) is 0 Å². The molecule has 1 N–H and O–H groups in total. The maximum absolute atomic E-state index is 12.8. The average molecular weight is 371 g/mol. The van der Waals surface area contributed by atoms with Crippen LogP contribution < -0.4 is 10.1 Å². The van der Waals surface area contributed by atoms with E-state index in [-0.39, 0.29) is 12.5 Å². The number of methoxy groups -OCH3 is 1. The van der Waals surface area contributed by atoms with E-state index in [9.17, 15) is 4.79 Å². The number of hydrogen-bond acceptors (Lipinski definition) is 3. The number of ether oxygens (including phenoxy) is 1. The minimum atomic E-state index is -0.121. The molecule has 5 nitrogen and oxygen atoms in total. The van der Waals surface area contributed by atoms with E-state index in [1.54, 1.807) is 13.2 Å². The van der Waals surface area contributed by atoms with Gasteiger partial charge < -0.3 is 14.6 Å². The molecule has 28 heavy (non-hydrogen) atoms. The van der Waals surface area contributed by atoms with Crippen LogP contribution in [0.5, 0.6) is 5.75 Å². The number of carbonyl (C=O) groups excluding carboxylic acids is 1. The molecule has 0 bridgehead atoms. The Morgan fingerprint density at radius 2 is 1.82 bits per heavy atom. The van der Waals surface area contributed by atoms with Gasteiger partial charge >= 0.3 is 0 Å². The van der Waals surface area contributed by atoms with Crippen LogP contribution >= 0.6 is 0 Å². The third kappa shape index (κ3) is 3.60. The molecule has 1 heterocycles. The fourth-order valence-corrected chi connectivity index (χ4v) is 3.20. The summed E-state index contributed by atoms with van der Waals surface area (Å²) in [5.41, 5.74) is 4.66. The Bertz CT molecular complexity index is 1130. The lowest BCUT2D eigenvalue weighted by molar-refractivity contribution is -0.116. The van der Waals surface area contributed by atoms with Crippen molar-refractivity contribution in [3.8, 4) is 17.1 Å². The van der Waals surface area contributed by atoms with E-state index in [1.807, 2.05) is 66.1 Å². The summed E-state index contributed by atoms with van der Waals surface area (Å²) in [4.78, 5) is 17.5. The Morgan fingerprint density at radius 3 is 2.61 bits per heavy atom. The molecule has 0 saturated carbocycles. The van der Waals surface area contributed by atoms with Crippen LogP contribution in [0, 0.1) is 6.92 Å². The monoisotopic (exact) mass is 371 g/mol. The minimum absolute atomic E-state index is 0.121. The second kappa shape index (κ2) is 7.56. The Balaban J connectivity index is 1.68. The first kappa shape index (κ1) is 17.8. The predicted octanol–water partition coefficient (Wildman–Crippen LogP) is 4.66. The van der Waals surface area contributed by atoms with E-state index in [4.69, 9.17) is 9.72 Å². The molecule has 4 rings (SSSR count). The molecule has 0 atom stereocenters. The lowest BCUT2D eigenvalue weighted by atomic mass is 10.1. The molecular formula is C23H21N3O2. The predicted molar refractivity (Wildman–Crippen MR) is 112 cm³/mol. The van der Waals surface area contributed by atoms with Crippen molar-refractivity contribution in [3.05, 3.63) is 78.4 Å².